The summed E-state index contributed by atoms with van der Waals surface area (Å²) in [4.78, 5) is 37.4. The topological polar surface area (TPSA) is 95.9 Å². The summed E-state index contributed by atoms with van der Waals surface area (Å²) in [6.45, 7) is 0.847. The van der Waals surface area contributed by atoms with Gasteiger partial charge in [-0.05, 0) is 41.5 Å². The molecule has 0 atom stereocenters. The number of aliphatic carboxylic acids is 1. The second-order valence-corrected chi connectivity index (χ2v) is 8.68. The van der Waals surface area contributed by atoms with Gasteiger partial charge in [-0.2, -0.15) is 0 Å². The third-order valence-electron chi connectivity index (χ3n) is 6.45. The first-order valence-corrected chi connectivity index (χ1v) is 11.0. The summed E-state index contributed by atoms with van der Waals surface area (Å²) < 4.78 is 5.55. The number of carbonyl (C=O) groups is 3. The number of amides is 2. The van der Waals surface area contributed by atoms with E-state index in [4.69, 9.17) is 9.84 Å². The maximum Gasteiger partial charge on any atom is 0.407 e. The highest BCUT2D eigenvalue weighted by Gasteiger charge is 2.51. The van der Waals surface area contributed by atoms with E-state index in [1.165, 1.54) is 11.1 Å². The van der Waals surface area contributed by atoms with E-state index in [2.05, 4.69) is 29.6 Å². The van der Waals surface area contributed by atoms with E-state index in [1.807, 2.05) is 24.3 Å². The lowest BCUT2D eigenvalue weighted by atomic mass is 9.98. The molecule has 2 amide bonds. The molecule has 32 heavy (non-hydrogen) atoms. The zero-order chi connectivity index (χ0) is 22.7. The van der Waals surface area contributed by atoms with E-state index in [-0.39, 0.29) is 31.4 Å². The number of ether oxygens (including phenoxy) is 1. The van der Waals surface area contributed by atoms with Crippen molar-refractivity contribution in [1.29, 1.82) is 0 Å². The summed E-state index contributed by atoms with van der Waals surface area (Å²) in [5, 5.41) is 11.5. The van der Waals surface area contributed by atoms with Crippen LogP contribution in [0.5, 0.6) is 0 Å². The van der Waals surface area contributed by atoms with Crippen LogP contribution in [0.2, 0.25) is 0 Å². The Bertz CT molecular complexity index is 985. The number of carboxylic acids is 1. The van der Waals surface area contributed by atoms with Crippen LogP contribution in [0.15, 0.2) is 48.5 Å². The predicted molar refractivity (Wildman–Crippen MR) is 119 cm³/mol. The van der Waals surface area contributed by atoms with Crippen LogP contribution in [-0.4, -0.2) is 54.7 Å². The van der Waals surface area contributed by atoms with Crippen LogP contribution in [-0.2, 0) is 14.3 Å². The molecule has 7 nitrogen and oxygen atoms in total. The minimum Gasteiger partial charge on any atom is -0.481 e. The zero-order valence-electron chi connectivity index (χ0n) is 18.2. The maximum atomic E-state index is 12.7. The number of hydrogen-bond acceptors (Lipinski definition) is 4. The van der Waals surface area contributed by atoms with Crippen LogP contribution in [0.3, 0.4) is 0 Å². The zero-order valence-corrected chi connectivity index (χ0v) is 18.2. The fourth-order valence-electron chi connectivity index (χ4n) is 4.48. The van der Waals surface area contributed by atoms with Crippen molar-refractivity contribution in [2.75, 3.05) is 26.7 Å². The van der Waals surface area contributed by atoms with Crippen molar-refractivity contribution in [3.63, 3.8) is 0 Å². The summed E-state index contributed by atoms with van der Waals surface area (Å²) in [5.41, 5.74) is 4.05. The van der Waals surface area contributed by atoms with Crippen molar-refractivity contribution in [3.05, 3.63) is 59.7 Å². The maximum absolute atomic E-state index is 12.7. The first-order valence-electron chi connectivity index (χ1n) is 11.0. The second-order valence-electron chi connectivity index (χ2n) is 8.68. The number of rotatable bonds is 9. The lowest BCUT2D eigenvalue weighted by Gasteiger charge is -2.23. The first kappa shape index (κ1) is 21.9. The monoisotopic (exact) mass is 436 g/mol. The molecule has 0 spiro atoms. The van der Waals surface area contributed by atoms with E-state index < -0.39 is 17.5 Å². The molecule has 2 aromatic carbocycles. The first-order chi connectivity index (χ1) is 15.4. The third-order valence-corrected chi connectivity index (χ3v) is 6.45. The van der Waals surface area contributed by atoms with Gasteiger partial charge in [0.15, 0.2) is 0 Å². The van der Waals surface area contributed by atoms with E-state index in [1.54, 1.807) is 11.9 Å². The summed E-state index contributed by atoms with van der Waals surface area (Å²) >= 11 is 0. The normalized spacial score (nSPS) is 15.4. The highest BCUT2D eigenvalue weighted by Crippen LogP contribution is 2.47. The number of carbonyl (C=O) groups excluding carboxylic acids is 2. The van der Waals surface area contributed by atoms with Crippen LogP contribution in [0.1, 0.15) is 42.7 Å². The van der Waals surface area contributed by atoms with Crippen molar-refractivity contribution < 1.29 is 24.2 Å². The van der Waals surface area contributed by atoms with Gasteiger partial charge in [0.25, 0.3) is 0 Å². The summed E-state index contributed by atoms with van der Waals surface area (Å²) in [7, 11) is 1.68. The minimum absolute atomic E-state index is 0.00923. The molecule has 2 aromatic rings. The van der Waals surface area contributed by atoms with Gasteiger partial charge in [0.2, 0.25) is 5.91 Å². The Morgan fingerprint density at radius 2 is 1.66 bits per heavy atom. The standard InChI is InChI=1S/C25H28N2O5/c1-27(14-6-11-22(28)29)23(30)25(12-13-25)16-26-24(31)32-15-21-19-9-4-2-7-17(19)18-8-3-5-10-20(18)21/h2-5,7-10,21H,6,11-16H2,1H3,(H,26,31)(H,28,29). The molecular weight excluding hydrogens is 408 g/mol. The Kier molecular flexibility index (Phi) is 6.17. The quantitative estimate of drug-likeness (QED) is 0.626. The molecule has 0 aromatic heterocycles. The van der Waals surface area contributed by atoms with Gasteiger partial charge in [-0.1, -0.05) is 48.5 Å². The molecule has 7 heteroatoms. The van der Waals surface area contributed by atoms with E-state index >= 15 is 0 Å². The van der Waals surface area contributed by atoms with Gasteiger partial charge in [0.05, 0.1) is 5.41 Å². The molecule has 0 aliphatic heterocycles. The van der Waals surface area contributed by atoms with Crippen molar-refractivity contribution in [2.45, 2.75) is 31.6 Å². The average Bonchev–Trinajstić information content (AvgIpc) is 3.52. The summed E-state index contributed by atoms with van der Waals surface area (Å²) in [6.07, 6.45) is 1.33. The van der Waals surface area contributed by atoms with Crippen molar-refractivity contribution in [3.8, 4) is 11.1 Å². The SMILES string of the molecule is CN(CCCC(=O)O)C(=O)C1(CNC(=O)OCC2c3ccccc3-c3ccccc32)CC1. The molecular formula is C25H28N2O5. The lowest BCUT2D eigenvalue weighted by Crippen LogP contribution is -2.42. The molecule has 1 saturated carbocycles. The molecule has 0 bridgehead atoms. The number of hydrogen-bond donors (Lipinski definition) is 2. The van der Waals surface area contributed by atoms with E-state index in [9.17, 15) is 14.4 Å². The van der Waals surface area contributed by atoms with Crippen molar-refractivity contribution in [2.24, 2.45) is 5.41 Å². The molecule has 0 heterocycles. The molecule has 2 aliphatic rings. The molecule has 0 unspecified atom stereocenters. The summed E-state index contributed by atoms with van der Waals surface area (Å²) in [6, 6.07) is 16.3. The van der Waals surface area contributed by atoms with Gasteiger partial charge in [-0.3, -0.25) is 9.59 Å². The highest BCUT2D eigenvalue weighted by atomic mass is 16.5. The van der Waals surface area contributed by atoms with Gasteiger partial charge in [-0.25, -0.2) is 4.79 Å². The summed E-state index contributed by atoms with van der Waals surface area (Å²) in [5.74, 6) is -0.934. The van der Waals surface area contributed by atoms with Crippen LogP contribution >= 0.6 is 0 Å². The third kappa shape index (κ3) is 4.47. The molecule has 0 saturated heterocycles. The van der Waals surface area contributed by atoms with Gasteiger partial charge in [-0.15, -0.1) is 0 Å². The van der Waals surface area contributed by atoms with Crippen molar-refractivity contribution >= 4 is 18.0 Å². The van der Waals surface area contributed by atoms with Gasteiger partial charge < -0.3 is 20.1 Å². The Morgan fingerprint density at radius 1 is 1.06 bits per heavy atom. The van der Waals surface area contributed by atoms with Crippen LogP contribution in [0.25, 0.3) is 11.1 Å². The number of nitrogens with one attached hydrogen (secondary N) is 1. The molecule has 2 aliphatic carbocycles. The Hall–Kier alpha value is -3.35. The molecule has 2 N–H and O–H groups in total. The fourth-order valence-corrected chi connectivity index (χ4v) is 4.48. The Morgan fingerprint density at radius 3 is 2.22 bits per heavy atom. The van der Waals surface area contributed by atoms with Gasteiger partial charge in [0, 0.05) is 32.5 Å². The van der Waals surface area contributed by atoms with E-state index in [0.717, 1.165) is 11.1 Å². The number of nitrogens with zero attached hydrogens (tertiary/aromatic N) is 1. The minimum atomic E-state index is -0.871. The van der Waals surface area contributed by atoms with Gasteiger partial charge in [0.1, 0.15) is 6.61 Å². The fraction of sp³-hybridized carbons (Fsp3) is 0.400. The van der Waals surface area contributed by atoms with Crippen LogP contribution < -0.4 is 5.32 Å². The average molecular weight is 437 g/mol. The number of benzene rings is 2. The number of fused-ring (bicyclic) bond motifs is 3. The predicted octanol–water partition coefficient (Wildman–Crippen LogP) is 3.63. The van der Waals surface area contributed by atoms with Crippen molar-refractivity contribution in [1.82, 2.24) is 10.2 Å². The largest absolute Gasteiger partial charge is 0.481 e. The van der Waals surface area contributed by atoms with Crippen LogP contribution in [0, 0.1) is 5.41 Å². The smallest absolute Gasteiger partial charge is 0.407 e. The molecule has 0 radical (unpaired) electrons. The molecule has 168 valence electrons. The highest BCUT2D eigenvalue weighted by molar-refractivity contribution is 5.86. The Balaban J connectivity index is 1.30. The van der Waals surface area contributed by atoms with E-state index in [0.29, 0.717) is 25.8 Å². The molecule has 1 fully saturated rings. The number of alkyl carbamates (subject to hydrolysis) is 1. The van der Waals surface area contributed by atoms with Crippen LogP contribution in [0.4, 0.5) is 4.79 Å². The second kappa shape index (κ2) is 9.02. The molecule has 4 rings (SSSR count). The Labute approximate surface area is 187 Å². The lowest BCUT2D eigenvalue weighted by molar-refractivity contribution is -0.139. The number of carboxylic acid groups (broad SMARTS) is 1. The van der Waals surface area contributed by atoms with Gasteiger partial charge >= 0.3 is 12.1 Å².